The number of carbonyl (C=O) groups excluding carboxylic acids is 2. The average Bonchev–Trinajstić information content (AvgIpc) is 3.31. The first-order valence-corrected chi connectivity index (χ1v) is 18.9. The molecule has 4 aliphatic carbocycles. The van der Waals surface area contributed by atoms with Crippen LogP contribution in [0.2, 0.25) is 0 Å². The Bertz CT molecular complexity index is 1390. The zero-order valence-corrected chi connectivity index (χ0v) is 30.5. The molecule has 3 heterocycles. The number of fused-ring (bicyclic) bond motifs is 5. The van der Waals surface area contributed by atoms with E-state index in [2.05, 4.69) is 11.8 Å². The van der Waals surface area contributed by atoms with Crippen molar-refractivity contribution in [3.63, 3.8) is 0 Å². The van der Waals surface area contributed by atoms with Crippen LogP contribution in [0.4, 0.5) is 0 Å². The number of aliphatic hydroxyl groups excluding tert-OH is 3. The number of rotatable bonds is 6. The van der Waals surface area contributed by atoms with E-state index in [-0.39, 0.29) is 25.3 Å². The molecule has 1 spiro atoms. The Hall–Kier alpha value is -1.42. The second-order valence-corrected chi connectivity index (χ2v) is 18.2. The van der Waals surface area contributed by atoms with Crippen molar-refractivity contribution in [2.24, 2.45) is 46.8 Å². The standard InChI is InChI=1S/C37H59NO12/c1-8-18(3)30(42)49-29-27(41)26-20(16-38-15-17(2)9-10-24(38)34(26,7)45)21-14-35-28(36(21,29)46)22(40)13-23-32(35,5)12-11-25(37(23,47)50-35)48-31(43)33(6,44)19(4)39/h17-29,39-41,44-47H,8-16H2,1-7H3/t17-,18-,19+,20-,21+,22+,23-,24+,25+,26-,27-,28+,29-,32-,33+,34+,35+,36-,37-/m0/s1. The third-order valence-electron chi connectivity index (χ3n) is 15.5. The van der Waals surface area contributed by atoms with E-state index in [0.717, 1.165) is 26.3 Å². The molecule has 13 heteroatoms. The van der Waals surface area contributed by atoms with Crippen LogP contribution in [0.25, 0.3) is 0 Å². The van der Waals surface area contributed by atoms with Crippen molar-refractivity contribution in [3.05, 3.63) is 0 Å². The van der Waals surface area contributed by atoms with Crippen molar-refractivity contribution >= 4 is 11.9 Å². The molecule has 3 aliphatic heterocycles. The van der Waals surface area contributed by atoms with E-state index in [1.54, 1.807) is 13.8 Å². The van der Waals surface area contributed by atoms with Crippen LogP contribution in [0.3, 0.4) is 0 Å². The summed E-state index contributed by atoms with van der Waals surface area (Å²) in [5, 5.41) is 83.5. The lowest BCUT2D eigenvalue weighted by Gasteiger charge is -2.64. The number of hydrogen-bond acceptors (Lipinski definition) is 13. The smallest absolute Gasteiger partial charge is 0.341 e. The molecule has 0 radical (unpaired) electrons. The number of hydrogen-bond donors (Lipinski definition) is 7. The molecule has 7 aliphatic rings. The van der Waals surface area contributed by atoms with Crippen molar-refractivity contribution in [2.45, 2.75) is 158 Å². The van der Waals surface area contributed by atoms with Gasteiger partial charge in [0.15, 0.2) is 17.8 Å². The lowest BCUT2D eigenvalue weighted by atomic mass is 9.49. The van der Waals surface area contributed by atoms with Crippen molar-refractivity contribution in [2.75, 3.05) is 13.1 Å². The molecule has 50 heavy (non-hydrogen) atoms. The first-order valence-electron chi connectivity index (χ1n) is 18.9. The molecule has 284 valence electrons. The second-order valence-electron chi connectivity index (χ2n) is 18.2. The highest BCUT2D eigenvalue weighted by atomic mass is 16.7. The molecule has 4 bridgehead atoms. The largest absolute Gasteiger partial charge is 0.456 e. The van der Waals surface area contributed by atoms with Gasteiger partial charge in [0.1, 0.15) is 5.60 Å². The molecule has 19 atom stereocenters. The first kappa shape index (κ1) is 36.9. The Morgan fingerprint density at radius 1 is 1.06 bits per heavy atom. The molecule has 13 nitrogen and oxygen atoms in total. The minimum atomic E-state index is -2.25. The summed E-state index contributed by atoms with van der Waals surface area (Å²) in [5.41, 5.74) is -7.89. The fraction of sp³-hybridized carbons (Fsp3) is 0.946. The van der Waals surface area contributed by atoms with Gasteiger partial charge in [-0.3, -0.25) is 9.69 Å². The van der Waals surface area contributed by atoms with E-state index < -0.39 is 112 Å². The summed E-state index contributed by atoms with van der Waals surface area (Å²) in [5.74, 6) is -7.78. The highest BCUT2D eigenvalue weighted by Gasteiger charge is 2.87. The topological polar surface area (TPSA) is 207 Å². The maximum absolute atomic E-state index is 13.5. The summed E-state index contributed by atoms with van der Waals surface area (Å²) in [6, 6.07) is -0.238. The molecular formula is C37H59NO12. The third-order valence-corrected chi connectivity index (χ3v) is 15.5. The van der Waals surface area contributed by atoms with Crippen LogP contribution in [0.5, 0.6) is 0 Å². The zero-order valence-electron chi connectivity index (χ0n) is 30.5. The molecule has 0 aromatic rings. The van der Waals surface area contributed by atoms with Crippen LogP contribution in [0.15, 0.2) is 0 Å². The van der Waals surface area contributed by atoms with Crippen LogP contribution in [0.1, 0.15) is 93.4 Å². The van der Waals surface area contributed by atoms with Crippen LogP contribution >= 0.6 is 0 Å². The first-order chi connectivity index (χ1) is 23.1. The van der Waals surface area contributed by atoms with Gasteiger partial charge in [-0.15, -0.1) is 0 Å². The predicted molar refractivity (Wildman–Crippen MR) is 176 cm³/mol. The third kappa shape index (κ3) is 4.57. The van der Waals surface area contributed by atoms with E-state index in [1.165, 1.54) is 6.92 Å². The molecule has 0 aromatic heterocycles. The van der Waals surface area contributed by atoms with Gasteiger partial charge in [-0.2, -0.15) is 0 Å². The Balaban J connectivity index is 1.34. The van der Waals surface area contributed by atoms with Gasteiger partial charge >= 0.3 is 11.9 Å². The summed E-state index contributed by atoms with van der Waals surface area (Å²) in [6.45, 7) is 13.1. The van der Waals surface area contributed by atoms with E-state index in [9.17, 15) is 45.3 Å². The van der Waals surface area contributed by atoms with Gasteiger partial charge in [0.25, 0.3) is 0 Å². The van der Waals surface area contributed by atoms with Crippen molar-refractivity contribution < 1.29 is 59.5 Å². The molecular weight excluding hydrogens is 650 g/mol. The number of esters is 2. The Kier molecular flexibility index (Phi) is 8.52. The average molecular weight is 710 g/mol. The van der Waals surface area contributed by atoms with Gasteiger partial charge in [0.2, 0.25) is 5.79 Å². The molecule has 0 amide bonds. The van der Waals surface area contributed by atoms with E-state index in [0.29, 0.717) is 25.3 Å². The Morgan fingerprint density at radius 2 is 1.74 bits per heavy atom. The second kappa shape index (κ2) is 11.5. The van der Waals surface area contributed by atoms with Gasteiger partial charge in [-0.05, 0) is 83.5 Å². The Morgan fingerprint density at radius 3 is 2.38 bits per heavy atom. The summed E-state index contributed by atoms with van der Waals surface area (Å²) in [6.07, 6.45) is -4.15. The summed E-state index contributed by atoms with van der Waals surface area (Å²) in [4.78, 5) is 28.9. The van der Waals surface area contributed by atoms with Crippen LogP contribution < -0.4 is 0 Å². The van der Waals surface area contributed by atoms with Gasteiger partial charge in [0.05, 0.1) is 35.4 Å². The predicted octanol–water partition coefficient (Wildman–Crippen LogP) is 0.466. The normalized spacial score (nSPS) is 54.6. The monoisotopic (exact) mass is 709 g/mol. The lowest BCUT2D eigenvalue weighted by Crippen LogP contribution is -2.77. The molecule has 7 rings (SSSR count). The number of carbonyl (C=O) groups is 2. The van der Waals surface area contributed by atoms with E-state index in [1.807, 2.05) is 13.8 Å². The maximum Gasteiger partial charge on any atom is 0.341 e. The number of aliphatic hydroxyl groups is 7. The van der Waals surface area contributed by atoms with Crippen molar-refractivity contribution in [1.82, 2.24) is 4.90 Å². The number of piperidine rings is 2. The van der Waals surface area contributed by atoms with Crippen molar-refractivity contribution in [1.29, 1.82) is 0 Å². The van der Waals surface area contributed by atoms with Gasteiger partial charge < -0.3 is 50.0 Å². The molecule has 0 unspecified atom stereocenters. The lowest BCUT2D eigenvalue weighted by molar-refractivity contribution is -0.300. The summed E-state index contributed by atoms with van der Waals surface area (Å²) < 4.78 is 18.7. The molecule has 0 aromatic carbocycles. The quantitative estimate of drug-likeness (QED) is 0.188. The van der Waals surface area contributed by atoms with Gasteiger partial charge in [-0.25, -0.2) is 4.79 Å². The van der Waals surface area contributed by atoms with E-state index in [4.69, 9.17) is 14.2 Å². The summed E-state index contributed by atoms with van der Waals surface area (Å²) >= 11 is 0. The van der Waals surface area contributed by atoms with Gasteiger partial charge in [0, 0.05) is 42.3 Å². The molecule has 3 saturated heterocycles. The fourth-order valence-electron chi connectivity index (χ4n) is 12.5. The van der Waals surface area contributed by atoms with Gasteiger partial charge in [-0.1, -0.05) is 27.7 Å². The highest BCUT2D eigenvalue weighted by molar-refractivity contribution is 5.79. The maximum atomic E-state index is 13.5. The number of nitrogens with zero attached hydrogens (tertiary/aromatic N) is 1. The van der Waals surface area contributed by atoms with Crippen molar-refractivity contribution in [3.8, 4) is 0 Å². The van der Waals surface area contributed by atoms with Crippen LogP contribution in [0, 0.1) is 46.8 Å². The molecule has 7 N–H and O–H groups in total. The van der Waals surface area contributed by atoms with Crippen LogP contribution in [-0.2, 0) is 23.8 Å². The van der Waals surface area contributed by atoms with Crippen LogP contribution in [-0.4, -0.2) is 130 Å². The minimum Gasteiger partial charge on any atom is -0.456 e. The SMILES string of the molecule is CC[C@H](C)C(=O)O[C@H]1[C@@H](O)[C@@H]2[C@@H](CN3C[C@@H](C)CC[C@@H]3[C@@]2(C)O)[C@H]2C[C@@]34O[C@@]5(O)[C@@H](C[C@@H](O)[C@H]3[C@@]21O)[C@]4(C)CC[C@H]5OC(=O)[C@](C)(O)[C@@H](C)O. The molecule has 4 saturated carbocycles. The summed E-state index contributed by atoms with van der Waals surface area (Å²) in [7, 11) is 0. The number of ether oxygens (including phenoxy) is 3. The Labute approximate surface area is 294 Å². The minimum absolute atomic E-state index is 0.0328. The zero-order chi connectivity index (χ0) is 36.7. The fourth-order valence-corrected chi connectivity index (χ4v) is 12.5. The van der Waals surface area contributed by atoms with E-state index >= 15 is 0 Å². The highest BCUT2D eigenvalue weighted by Crippen LogP contribution is 2.77. The molecule has 7 fully saturated rings.